The van der Waals surface area contributed by atoms with Gasteiger partial charge in [-0.3, -0.25) is 4.79 Å². The Morgan fingerprint density at radius 1 is 0.889 bits per heavy atom. The van der Waals surface area contributed by atoms with Gasteiger partial charge >= 0.3 is 6.18 Å². The first-order valence-corrected chi connectivity index (χ1v) is 12.2. The van der Waals surface area contributed by atoms with Gasteiger partial charge in [0.05, 0.1) is 5.56 Å². The van der Waals surface area contributed by atoms with E-state index in [4.69, 9.17) is 4.98 Å². The van der Waals surface area contributed by atoms with E-state index in [2.05, 4.69) is 9.69 Å². The van der Waals surface area contributed by atoms with Crippen LogP contribution in [0.5, 0.6) is 0 Å². The predicted octanol–water partition coefficient (Wildman–Crippen LogP) is 5.86. The van der Waals surface area contributed by atoms with Crippen LogP contribution in [0.2, 0.25) is 0 Å². The van der Waals surface area contributed by atoms with Crippen LogP contribution >= 0.6 is 11.5 Å². The zero-order valence-corrected chi connectivity index (χ0v) is 20.2. The Kier molecular flexibility index (Phi) is 8.32. The van der Waals surface area contributed by atoms with Gasteiger partial charge in [0.25, 0.3) is 0 Å². The van der Waals surface area contributed by atoms with Crippen molar-refractivity contribution in [2.75, 3.05) is 11.4 Å². The van der Waals surface area contributed by atoms with Crippen LogP contribution in [0.4, 0.5) is 18.3 Å². The fourth-order valence-corrected chi connectivity index (χ4v) is 4.36. The number of nitrogens with zero attached hydrogens (tertiary/aromatic N) is 3. The van der Waals surface area contributed by atoms with Crippen molar-refractivity contribution in [3.05, 3.63) is 113 Å². The SMILES string of the molecule is O=C(CCN(Cc1ccccc1)c1nc(Cc2ccccc2)ns1)NCc1cccc(C(F)(F)F)c1. The summed E-state index contributed by atoms with van der Waals surface area (Å²) in [5.74, 6) is 0.466. The molecule has 0 aliphatic carbocycles. The van der Waals surface area contributed by atoms with Crippen molar-refractivity contribution in [2.45, 2.75) is 32.1 Å². The number of aromatic nitrogens is 2. The fraction of sp³-hybridized carbons (Fsp3) is 0.222. The van der Waals surface area contributed by atoms with Gasteiger partial charge < -0.3 is 10.2 Å². The average molecular weight is 511 g/mol. The minimum atomic E-state index is -4.42. The molecule has 0 fully saturated rings. The second-order valence-electron chi connectivity index (χ2n) is 8.29. The minimum absolute atomic E-state index is 0.0292. The Balaban J connectivity index is 1.39. The molecule has 0 aliphatic rings. The van der Waals surface area contributed by atoms with Crippen molar-refractivity contribution in [3.8, 4) is 0 Å². The second kappa shape index (κ2) is 11.8. The third-order valence-electron chi connectivity index (χ3n) is 5.50. The molecule has 1 amide bonds. The Labute approximate surface area is 211 Å². The van der Waals surface area contributed by atoms with Crippen LogP contribution in [0.15, 0.2) is 84.9 Å². The predicted molar refractivity (Wildman–Crippen MR) is 135 cm³/mol. The number of amides is 1. The molecule has 1 heterocycles. The van der Waals surface area contributed by atoms with Crippen LogP contribution in [0.25, 0.3) is 0 Å². The lowest BCUT2D eigenvalue weighted by atomic mass is 10.1. The number of benzene rings is 3. The first-order valence-electron chi connectivity index (χ1n) is 11.4. The first-order chi connectivity index (χ1) is 17.4. The van der Waals surface area contributed by atoms with Gasteiger partial charge in [-0.15, -0.1) is 0 Å². The molecule has 4 rings (SSSR count). The quantitative estimate of drug-likeness (QED) is 0.290. The van der Waals surface area contributed by atoms with E-state index in [1.165, 1.54) is 17.6 Å². The maximum Gasteiger partial charge on any atom is 0.416 e. The number of rotatable bonds is 10. The van der Waals surface area contributed by atoms with Gasteiger partial charge in [0.1, 0.15) is 5.82 Å². The smallest absolute Gasteiger partial charge is 0.352 e. The van der Waals surface area contributed by atoms with E-state index in [1.54, 1.807) is 6.07 Å². The van der Waals surface area contributed by atoms with Crippen LogP contribution in [0.3, 0.4) is 0 Å². The highest BCUT2D eigenvalue weighted by Crippen LogP contribution is 2.29. The topological polar surface area (TPSA) is 58.1 Å². The van der Waals surface area contributed by atoms with Crippen molar-refractivity contribution >= 4 is 22.6 Å². The molecule has 0 radical (unpaired) electrons. The molecule has 1 aromatic heterocycles. The third-order valence-corrected chi connectivity index (χ3v) is 6.32. The molecule has 0 saturated heterocycles. The molecule has 1 N–H and O–H groups in total. The van der Waals surface area contributed by atoms with Crippen LogP contribution < -0.4 is 10.2 Å². The van der Waals surface area contributed by atoms with Gasteiger partial charge in [-0.05, 0) is 28.8 Å². The lowest BCUT2D eigenvalue weighted by Gasteiger charge is -2.21. The number of hydrogen-bond donors (Lipinski definition) is 1. The van der Waals surface area contributed by atoms with Crippen LogP contribution in [-0.2, 0) is 30.5 Å². The number of alkyl halides is 3. The third kappa shape index (κ3) is 7.39. The van der Waals surface area contributed by atoms with E-state index >= 15 is 0 Å². The van der Waals surface area contributed by atoms with Gasteiger partial charge in [0.2, 0.25) is 11.0 Å². The Morgan fingerprint density at radius 3 is 2.25 bits per heavy atom. The molecule has 3 aromatic carbocycles. The highest BCUT2D eigenvalue weighted by molar-refractivity contribution is 7.09. The molecule has 0 unspecified atom stereocenters. The molecule has 0 bridgehead atoms. The standard InChI is InChI=1S/C27H25F3N4OS/c28-27(29,30)23-13-7-12-22(16-23)18-31-25(35)14-15-34(19-21-10-5-2-6-11-21)26-32-24(33-36-26)17-20-8-3-1-4-9-20/h1-13,16H,14-15,17-19H2,(H,31,35). The van der Waals surface area contributed by atoms with E-state index in [9.17, 15) is 18.0 Å². The minimum Gasteiger partial charge on any atom is -0.352 e. The molecule has 0 atom stereocenters. The van der Waals surface area contributed by atoms with E-state index in [-0.39, 0.29) is 18.9 Å². The molecule has 9 heteroatoms. The van der Waals surface area contributed by atoms with Gasteiger partial charge in [0.15, 0.2) is 0 Å². The highest BCUT2D eigenvalue weighted by Gasteiger charge is 2.30. The molecule has 0 aliphatic heterocycles. The van der Waals surface area contributed by atoms with Crippen molar-refractivity contribution in [1.29, 1.82) is 0 Å². The monoisotopic (exact) mass is 510 g/mol. The lowest BCUT2D eigenvalue weighted by Crippen LogP contribution is -2.30. The molecule has 0 spiro atoms. The van der Waals surface area contributed by atoms with E-state index in [1.807, 2.05) is 65.6 Å². The van der Waals surface area contributed by atoms with Gasteiger partial charge in [0, 0.05) is 44.0 Å². The van der Waals surface area contributed by atoms with Gasteiger partial charge in [-0.2, -0.15) is 17.5 Å². The zero-order chi connectivity index (χ0) is 25.4. The number of anilines is 1. The summed E-state index contributed by atoms with van der Waals surface area (Å²) in [5, 5.41) is 3.44. The van der Waals surface area contributed by atoms with E-state index in [0.29, 0.717) is 30.9 Å². The largest absolute Gasteiger partial charge is 0.416 e. The molecule has 0 saturated carbocycles. The molecular weight excluding hydrogens is 485 g/mol. The Bertz CT molecular complexity index is 1260. The fourth-order valence-electron chi connectivity index (χ4n) is 3.65. The highest BCUT2D eigenvalue weighted by atomic mass is 32.1. The van der Waals surface area contributed by atoms with Crippen molar-refractivity contribution in [1.82, 2.24) is 14.7 Å². The van der Waals surface area contributed by atoms with Crippen LogP contribution in [0, 0.1) is 0 Å². The van der Waals surface area contributed by atoms with Gasteiger partial charge in [-0.25, -0.2) is 4.98 Å². The number of carbonyl (C=O) groups is 1. The molecule has 186 valence electrons. The summed E-state index contributed by atoms with van der Waals surface area (Å²) in [6.07, 6.45) is -3.63. The average Bonchev–Trinajstić information content (AvgIpc) is 3.34. The van der Waals surface area contributed by atoms with Crippen molar-refractivity contribution in [2.24, 2.45) is 0 Å². The zero-order valence-electron chi connectivity index (χ0n) is 19.4. The maximum atomic E-state index is 12.9. The summed E-state index contributed by atoms with van der Waals surface area (Å²) in [5.41, 5.74) is 1.85. The summed E-state index contributed by atoms with van der Waals surface area (Å²) in [7, 11) is 0. The lowest BCUT2D eigenvalue weighted by molar-refractivity contribution is -0.137. The Hall–Kier alpha value is -3.72. The summed E-state index contributed by atoms with van der Waals surface area (Å²) in [4.78, 5) is 19.2. The summed E-state index contributed by atoms with van der Waals surface area (Å²) in [6, 6.07) is 24.8. The van der Waals surface area contributed by atoms with Crippen LogP contribution in [-0.4, -0.2) is 21.8 Å². The first kappa shape index (κ1) is 25.4. The molecular formula is C27H25F3N4OS. The molecule has 5 nitrogen and oxygen atoms in total. The number of halogens is 3. The number of hydrogen-bond acceptors (Lipinski definition) is 5. The Morgan fingerprint density at radius 2 is 1.56 bits per heavy atom. The number of nitrogens with one attached hydrogen (secondary N) is 1. The summed E-state index contributed by atoms with van der Waals surface area (Å²) < 4.78 is 43.3. The van der Waals surface area contributed by atoms with Crippen molar-refractivity contribution < 1.29 is 18.0 Å². The van der Waals surface area contributed by atoms with Gasteiger partial charge in [-0.1, -0.05) is 72.8 Å². The maximum absolute atomic E-state index is 12.9. The summed E-state index contributed by atoms with van der Waals surface area (Å²) >= 11 is 1.29. The van der Waals surface area contributed by atoms with Crippen LogP contribution in [0.1, 0.15) is 34.5 Å². The molecule has 4 aromatic rings. The van der Waals surface area contributed by atoms with E-state index < -0.39 is 11.7 Å². The summed E-state index contributed by atoms with van der Waals surface area (Å²) in [6.45, 7) is 0.979. The number of carbonyl (C=O) groups excluding carboxylic acids is 1. The second-order valence-corrected chi connectivity index (χ2v) is 9.02. The van der Waals surface area contributed by atoms with E-state index in [0.717, 1.165) is 28.4 Å². The normalized spacial score (nSPS) is 11.3. The van der Waals surface area contributed by atoms with Crippen molar-refractivity contribution in [3.63, 3.8) is 0 Å². The molecule has 36 heavy (non-hydrogen) atoms.